The molecule has 116 valence electrons. The molecule has 2 rings (SSSR count). The summed E-state index contributed by atoms with van der Waals surface area (Å²) in [5, 5.41) is 0. The van der Waals surface area contributed by atoms with Crippen molar-refractivity contribution in [3.8, 4) is 0 Å². The smallest absolute Gasteiger partial charge is 0.328 e. The fourth-order valence-electron chi connectivity index (χ4n) is 2.64. The number of nitrogens with zero attached hydrogens (tertiary/aromatic N) is 4. The number of aryl methyl sites for hydroxylation is 2. The lowest BCUT2D eigenvalue weighted by Gasteiger charge is -2.08. The van der Waals surface area contributed by atoms with Crippen LogP contribution >= 0.6 is 0 Å². The summed E-state index contributed by atoms with van der Waals surface area (Å²) in [6, 6.07) is 0. The fraction of sp³-hybridized carbons (Fsp3) is 0.667. The summed E-state index contributed by atoms with van der Waals surface area (Å²) in [4.78, 5) is 28.8. The van der Waals surface area contributed by atoms with Crippen LogP contribution in [0.4, 0.5) is 0 Å². The van der Waals surface area contributed by atoms with Gasteiger partial charge >= 0.3 is 5.69 Å². The highest BCUT2D eigenvalue weighted by molar-refractivity contribution is 5.69. The summed E-state index contributed by atoms with van der Waals surface area (Å²) in [6.45, 7) is 2.67. The number of fused-ring (bicyclic) bond motifs is 1. The van der Waals surface area contributed by atoms with Crippen LogP contribution in [0.5, 0.6) is 0 Å². The molecule has 0 aromatic carbocycles. The van der Waals surface area contributed by atoms with E-state index in [1.165, 1.54) is 28.4 Å². The van der Waals surface area contributed by atoms with Gasteiger partial charge in [0.15, 0.2) is 11.2 Å². The molecule has 0 aliphatic heterocycles. The summed E-state index contributed by atoms with van der Waals surface area (Å²) in [7, 11) is 3.44. The largest absolute Gasteiger partial charge is 0.332 e. The Hall–Kier alpha value is -1.85. The molecule has 2 aromatic rings. The second kappa shape index (κ2) is 6.74. The molecule has 0 aliphatic rings. The van der Waals surface area contributed by atoms with Gasteiger partial charge in [0.1, 0.15) is 0 Å². The van der Waals surface area contributed by atoms with Crippen molar-refractivity contribution < 1.29 is 0 Å². The van der Waals surface area contributed by atoms with Crippen LogP contribution < -0.4 is 11.2 Å². The SMILES string of the molecule is CCCCCCCCn1c(=O)c2c(ncn2C)n(C)c1=O. The number of rotatable bonds is 7. The zero-order chi connectivity index (χ0) is 15.4. The molecular weight excluding hydrogens is 268 g/mol. The minimum absolute atomic E-state index is 0.235. The van der Waals surface area contributed by atoms with Crippen LogP contribution in [0, 0.1) is 0 Å². The molecule has 0 saturated heterocycles. The quantitative estimate of drug-likeness (QED) is 0.731. The van der Waals surface area contributed by atoms with Crippen LogP contribution in [0.25, 0.3) is 11.2 Å². The van der Waals surface area contributed by atoms with Gasteiger partial charge in [-0.1, -0.05) is 39.0 Å². The normalized spacial score (nSPS) is 11.4. The molecule has 0 saturated carbocycles. The van der Waals surface area contributed by atoms with Crippen LogP contribution in [-0.2, 0) is 20.6 Å². The van der Waals surface area contributed by atoms with Crippen LogP contribution in [0.1, 0.15) is 45.4 Å². The van der Waals surface area contributed by atoms with E-state index in [9.17, 15) is 9.59 Å². The second-order valence-corrected chi connectivity index (χ2v) is 5.59. The zero-order valence-corrected chi connectivity index (χ0v) is 13.1. The Bertz CT molecular complexity index is 724. The van der Waals surface area contributed by atoms with Gasteiger partial charge in [-0.2, -0.15) is 0 Å². The van der Waals surface area contributed by atoms with Gasteiger partial charge in [0.25, 0.3) is 5.56 Å². The third-order valence-corrected chi connectivity index (χ3v) is 3.94. The van der Waals surface area contributed by atoms with Gasteiger partial charge < -0.3 is 4.57 Å². The Morgan fingerprint density at radius 3 is 2.43 bits per heavy atom. The first-order valence-electron chi connectivity index (χ1n) is 7.68. The van der Waals surface area contributed by atoms with E-state index in [4.69, 9.17) is 0 Å². The maximum atomic E-state index is 12.4. The predicted molar refractivity (Wildman–Crippen MR) is 83.6 cm³/mol. The van der Waals surface area contributed by atoms with E-state index < -0.39 is 0 Å². The average molecular weight is 292 g/mol. The van der Waals surface area contributed by atoms with Crippen molar-refractivity contribution in [2.75, 3.05) is 0 Å². The molecule has 0 aliphatic carbocycles. The van der Waals surface area contributed by atoms with Gasteiger partial charge in [0, 0.05) is 20.6 Å². The van der Waals surface area contributed by atoms with Gasteiger partial charge in [0.05, 0.1) is 6.33 Å². The van der Waals surface area contributed by atoms with Crippen LogP contribution in [0.2, 0.25) is 0 Å². The Morgan fingerprint density at radius 2 is 1.71 bits per heavy atom. The molecule has 21 heavy (non-hydrogen) atoms. The molecule has 0 unspecified atom stereocenters. The molecular formula is C15H24N4O2. The first-order chi connectivity index (χ1) is 10.1. The van der Waals surface area contributed by atoms with Crippen molar-refractivity contribution >= 4 is 11.2 Å². The summed E-state index contributed by atoms with van der Waals surface area (Å²) in [5.41, 5.74) is 0.427. The highest BCUT2D eigenvalue weighted by atomic mass is 16.2. The van der Waals surface area contributed by atoms with E-state index in [-0.39, 0.29) is 11.2 Å². The van der Waals surface area contributed by atoms with Crippen LogP contribution in [0.15, 0.2) is 15.9 Å². The molecule has 0 spiro atoms. The molecule has 6 nitrogen and oxygen atoms in total. The van der Waals surface area contributed by atoms with Crippen molar-refractivity contribution in [1.82, 2.24) is 18.7 Å². The average Bonchev–Trinajstić information content (AvgIpc) is 2.85. The van der Waals surface area contributed by atoms with Crippen molar-refractivity contribution in [3.05, 3.63) is 27.2 Å². The fourth-order valence-corrected chi connectivity index (χ4v) is 2.64. The number of unbranched alkanes of at least 4 members (excludes halogenated alkanes) is 5. The molecule has 0 N–H and O–H groups in total. The maximum Gasteiger partial charge on any atom is 0.332 e. The van der Waals surface area contributed by atoms with E-state index in [2.05, 4.69) is 11.9 Å². The first-order valence-corrected chi connectivity index (χ1v) is 7.68. The number of hydrogen-bond donors (Lipinski definition) is 0. The van der Waals surface area contributed by atoms with Crippen molar-refractivity contribution in [2.24, 2.45) is 14.1 Å². The molecule has 0 radical (unpaired) electrons. The lowest BCUT2D eigenvalue weighted by molar-refractivity contribution is 0.526. The molecule has 6 heteroatoms. The van der Waals surface area contributed by atoms with Gasteiger partial charge in [-0.25, -0.2) is 9.78 Å². The van der Waals surface area contributed by atoms with Gasteiger partial charge in [0.2, 0.25) is 0 Å². The molecule has 2 aromatic heterocycles. The van der Waals surface area contributed by atoms with E-state index in [0.29, 0.717) is 17.7 Å². The summed E-state index contributed by atoms with van der Waals surface area (Å²) >= 11 is 0. The molecule has 0 amide bonds. The first kappa shape index (κ1) is 15.5. The Kier molecular flexibility index (Phi) is 4.98. The third-order valence-electron chi connectivity index (χ3n) is 3.94. The topological polar surface area (TPSA) is 61.8 Å². The van der Waals surface area contributed by atoms with Gasteiger partial charge in [-0.05, 0) is 6.42 Å². The molecule has 0 fully saturated rings. The molecule has 0 bridgehead atoms. The second-order valence-electron chi connectivity index (χ2n) is 5.59. The van der Waals surface area contributed by atoms with Gasteiger partial charge in [-0.15, -0.1) is 0 Å². The highest BCUT2D eigenvalue weighted by Crippen LogP contribution is 2.06. The number of hydrogen-bond acceptors (Lipinski definition) is 3. The van der Waals surface area contributed by atoms with Crippen LogP contribution in [0.3, 0.4) is 0 Å². The Balaban J connectivity index is 2.18. The van der Waals surface area contributed by atoms with E-state index in [1.54, 1.807) is 25.0 Å². The summed E-state index contributed by atoms with van der Waals surface area (Å²) in [6.07, 6.45) is 8.35. The lowest BCUT2D eigenvalue weighted by atomic mass is 10.1. The Labute approximate surface area is 124 Å². The van der Waals surface area contributed by atoms with Gasteiger partial charge in [-0.3, -0.25) is 13.9 Å². The van der Waals surface area contributed by atoms with E-state index in [1.807, 2.05) is 0 Å². The maximum absolute atomic E-state index is 12.4. The van der Waals surface area contributed by atoms with Crippen molar-refractivity contribution in [3.63, 3.8) is 0 Å². The predicted octanol–water partition coefficient (Wildman–Crippen LogP) is 1.79. The number of imidazole rings is 1. The van der Waals surface area contributed by atoms with E-state index in [0.717, 1.165) is 19.3 Å². The minimum atomic E-state index is -0.278. The number of aromatic nitrogens is 4. The zero-order valence-electron chi connectivity index (χ0n) is 13.1. The minimum Gasteiger partial charge on any atom is -0.328 e. The Morgan fingerprint density at radius 1 is 1.05 bits per heavy atom. The summed E-state index contributed by atoms with van der Waals surface area (Å²) < 4.78 is 4.46. The monoisotopic (exact) mass is 292 g/mol. The molecule has 2 heterocycles. The van der Waals surface area contributed by atoms with Crippen molar-refractivity contribution in [1.29, 1.82) is 0 Å². The summed E-state index contributed by atoms with van der Waals surface area (Å²) in [5.74, 6) is 0. The standard InChI is InChI=1S/C15H24N4O2/c1-4-5-6-7-8-9-10-19-14(20)12-13(16-11-17(12)2)18(3)15(19)21/h11H,4-10H2,1-3H3. The molecule has 0 atom stereocenters. The van der Waals surface area contributed by atoms with E-state index >= 15 is 0 Å². The third kappa shape index (κ3) is 3.09. The highest BCUT2D eigenvalue weighted by Gasteiger charge is 2.14. The lowest BCUT2D eigenvalue weighted by Crippen LogP contribution is -2.39. The van der Waals surface area contributed by atoms with Crippen molar-refractivity contribution in [2.45, 2.75) is 52.0 Å². The van der Waals surface area contributed by atoms with Crippen LogP contribution in [-0.4, -0.2) is 18.7 Å².